The van der Waals surface area contributed by atoms with E-state index >= 15 is 0 Å². The van der Waals surface area contributed by atoms with Crippen LogP contribution in [0.5, 0.6) is 0 Å². The number of likely N-dealkylation sites (tertiary alicyclic amines) is 1. The standard InChI is InChI=1S/C14H28N2O.ClH/c1-11(2)16-7-5-6-12(16)8-13-15-9-14(3,4)10-17-13;/h11-13,15H,5-10H2,1-4H3;1H. The lowest BCUT2D eigenvalue weighted by molar-refractivity contribution is -0.0698. The molecule has 108 valence electrons. The number of ether oxygens (including phenoxy) is 1. The Kier molecular flexibility index (Phi) is 5.91. The molecule has 3 nitrogen and oxygen atoms in total. The van der Waals surface area contributed by atoms with Crippen molar-refractivity contribution >= 4 is 12.4 Å². The van der Waals surface area contributed by atoms with Crippen LogP contribution in [0.1, 0.15) is 47.0 Å². The van der Waals surface area contributed by atoms with Crippen molar-refractivity contribution < 1.29 is 4.74 Å². The van der Waals surface area contributed by atoms with E-state index in [1.807, 2.05) is 0 Å². The molecule has 2 atom stereocenters. The normalized spacial score (nSPS) is 32.5. The molecule has 2 aliphatic rings. The topological polar surface area (TPSA) is 24.5 Å². The first-order valence-electron chi connectivity index (χ1n) is 7.09. The van der Waals surface area contributed by atoms with Crippen LogP contribution < -0.4 is 5.32 Å². The van der Waals surface area contributed by atoms with Gasteiger partial charge in [0.15, 0.2) is 0 Å². The molecular formula is C14H29ClN2O. The Morgan fingerprint density at radius 2 is 2.11 bits per heavy atom. The second-order valence-corrected chi connectivity index (χ2v) is 6.71. The van der Waals surface area contributed by atoms with Crippen LogP contribution in [0.2, 0.25) is 0 Å². The maximum absolute atomic E-state index is 5.95. The molecule has 4 heteroatoms. The van der Waals surface area contributed by atoms with Crippen molar-refractivity contribution in [2.75, 3.05) is 19.7 Å². The zero-order chi connectivity index (χ0) is 12.5. The molecule has 2 rings (SSSR count). The Balaban J connectivity index is 0.00000162. The number of hydrogen-bond donors (Lipinski definition) is 1. The van der Waals surface area contributed by atoms with Crippen LogP contribution in [0.3, 0.4) is 0 Å². The summed E-state index contributed by atoms with van der Waals surface area (Å²) in [6.07, 6.45) is 4.10. The predicted molar refractivity (Wildman–Crippen MR) is 78.3 cm³/mol. The van der Waals surface area contributed by atoms with Crippen LogP contribution in [0, 0.1) is 5.41 Å². The van der Waals surface area contributed by atoms with Crippen LogP contribution in [0.4, 0.5) is 0 Å². The molecule has 1 N–H and O–H groups in total. The molecule has 0 aliphatic carbocycles. The van der Waals surface area contributed by atoms with Gasteiger partial charge < -0.3 is 4.74 Å². The fourth-order valence-electron chi connectivity index (χ4n) is 3.02. The molecule has 2 saturated heterocycles. The summed E-state index contributed by atoms with van der Waals surface area (Å²) in [6, 6.07) is 1.39. The van der Waals surface area contributed by atoms with Crippen molar-refractivity contribution in [3.63, 3.8) is 0 Å². The smallest absolute Gasteiger partial charge is 0.109 e. The van der Waals surface area contributed by atoms with Gasteiger partial charge in [0, 0.05) is 30.5 Å². The molecule has 2 fully saturated rings. The predicted octanol–water partition coefficient (Wildman–Crippen LogP) is 2.64. The molecule has 2 unspecified atom stereocenters. The van der Waals surface area contributed by atoms with Gasteiger partial charge in [-0.3, -0.25) is 10.2 Å². The highest BCUT2D eigenvalue weighted by molar-refractivity contribution is 5.85. The lowest BCUT2D eigenvalue weighted by atomic mass is 9.93. The van der Waals surface area contributed by atoms with Crippen LogP contribution >= 0.6 is 12.4 Å². The minimum atomic E-state index is 0. The summed E-state index contributed by atoms with van der Waals surface area (Å²) in [5.74, 6) is 0. The summed E-state index contributed by atoms with van der Waals surface area (Å²) in [6.45, 7) is 12.3. The first-order chi connectivity index (χ1) is 7.98. The molecule has 0 bridgehead atoms. The summed E-state index contributed by atoms with van der Waals surface area (Å²) in [5.41, 5.74) is 0.296. The van der Waals surface area contributed by atoms with E-state index in [1.165, 1.54) is 19.4 Å². The third-order valence-electron chi connectivity index (χ3n) is 4.06. The van der Waals surface area contributed by atoms with Gasteiger partial charge in [-0.05, 0) is 33.2 Å². The first kappa shape index (κ1) is 16.2. The minimum Gasteiger partial charge on any atom is -0.363 e. The zero-order valence-corrected chi connectivity index (χ0v) is 13.1. The average Bonchev–Trinajstić information content (AvgIpc) is 2.69. The Morgan fingerprint density at radius 1 is 1.39 bits per heavy atom. The molecule has 2 heterocycles. The second kappa shape index (κ2) is 6.56. The minimum absolute atomic E-state index is 0. The Bertz CT molecular complexity index is 248. The second-order valence-electron chi connectivity index (χ2n) is 6.71. The van der Waals surface area contributed by atoms with Crippen LogP contribution in [0.25, 0.3) is 0 Å². The van der Waals surface area contributed by atoms with Gasteiger partial charge in [-0.2, -0.15) is 0 Å². The van der Waals surface area contributed by atoms with E-state index in [0.717, 1.165) is 19.6 Å². The van der Waals surface area contributed by atoms with E-state index in [0.29, 0.717) is 17.5 Å². The summed E-state index contributed by atoms with van der Waals surface area (Å²) in [4.78, 5) is 2.63. The van der Waals surface area contributed by atoms with E-state index in [1.54, 1.807) is 0 Å². The van der Waals surface area contributed by atoms with E-state index in [2.05, 4.69) is 37.9 Å². The van der Waals surface area contributed by atoms with Gasteiger partial charge in [0.25, 0.3) is 0 Å². The van der Waals surface area contributed by atoms with Gasteiger partial charge in [0.05, 0.1) is 6.61 Å². The van der Waals surface area contributed by atoms with Crippen molar-refractivity contribution in [1.29, 1.82) is 0 Å². The van der Waals surface area contributed by atoms with Gasteiger partial charge >= 0.3 is 0 Å². The summed E-state index contributed by atoms with van der Waals surface area (Å²) in [7, 11) is 0. The number of nitrogens with zero attached hydrogens (tertiary/aromatic N) is 1. The highest BCUT2D eigenvalue weighted by Gasteiger charge is 2.32. The molecule has 0 aromatic carbocycles. The Hall–Kier alpha value is 0.170. The highest BCUT2D eigenvalue weighted by Crippen LogP contribution is 2.26. The third-order valence-corrected chi connectivity index (χ3v) is 4.06. The van der Waals surface area contributed by atoms with Crippen molar-refractivity contribution in [3.05, 3.63) is 0 Å². The zero-order valence-electron chi connectivity index (χ0n) is 12.2. The number of hydrogen-bond acceptors (Lipinski definition) is 3. The molecule has 0 amide bonds. The van der Waals surface area contributed by atoms with E-state index in [-0.39, 0.29) is 18.6 Å². The monoisotopic (exact) mass is 276 g/mol. The molecule has 0 aromatic rings. The van der Waals surface area contributed by atoms with Gasteiger partial charge in [-0.15, -0.1) is 12.4 Å². The van der Waals surface area contributed by atoms with Gasteiger partial charge in [0.1, 0.15) is 6.23 Å². The number of rotatable bonds is 3. The van der Waals surface area contributed by atoms with Crippen LogP contribution in [0.15, 0.2) is 0 Å². The Labute approximate surface area is 118 Å². The SMILES string of the molecule is CC(C)N1CCCC1CC1NCC(C)(C)CO1.Cl. The maximum atomic E-state index is 5.95. The van der Waals surface area contributed by atoms with Crippen molar-refractivity contribution in [2.24, 2.45) is 5.41 Å². The number of halogens is 1. The van der Waals surface area contributed by atoms with Crippen molar-refractivity contribution in [2.45, 2.75) is 65.3 Å². The molecule has 0 aromatic heterocycles. The molecule has 0 saturated carbocycles. The van der Waals surface area contributed by atoms with E-state index < -0.39 is 0 Å². The molecule has 0 radical (unpaired) electrons. The molecule has 2 aliphatic heterocycles. The lowest BCUT2D eigenvalue weighted by Crippen LogP contribution is -2.50. The average molecular weight is 277 g/mol. The van der Waals surface area contributed by atoms with Gasteiger partial charge in [-0.1, -0.05) is 13.8 Å². The molecule has 18 heavy (non-hydrogen) atoms. The van der Waals surface area contributed by atoms with Crippen LogP contribution in [-0.2, 0) is 4.74 Å². The molecular weight excluding hydrogens is 248 g/mol. The maximum Gasteiger partial charge on any atom is 0.109 e. The fraction of sp³-hybridized carbons (Fsp3) is 1.00. The van der Waals surface area contributed by atoms with Crippen molar-refractivity contribution in [3.8, 4) is 0 Å². The number of nitrogens with one attached hydrogen (secondary N) is 1. The van der Waals surface area contributed by atoms with Crippen LogP contribution in [-0.4, -0.2) is 42.9 Å². The lowest BCUT2D eigenvalue weighted by Gasteiger charge is -2.38. The molecule has 0 spiro atoms. The summed E-state index contributed by atoms with van der Waals surface area (Å²) in [5, 5.41) is 3.55. The van der Waals surface area contributed by atoms with Gasteiger partial charge in [-0.25, -0.2) is 0 Å². The first-order valence-corrected chi connectivity index (χ1v) is 7.09. The highest BCUT2D eigenvalue weighted by atomic mass is 35.5. The summed E-state index contributed by atoms with van der Waals surface area (Å²) >= 11 is 0. The summed E-state index contributed by atoms with van der Waals surface area (Å²) < 4.78 is 5.95. The fourth-order valence-corrected chi connectivity index (χ4v) is 3.02. The van der Waals surface area contributed by atoms with E-state index in [9.17, 15) is 0 Å². The quantitative estimate of drug-likeness (QED) is 0.858. The Morgan fingerprint density at radius 3 is 2.67 bits per heavy atom. The van der Waals surface area contributed by atoms with E-state index in [4.69, 9.17) is 4.74 Å². The van der Waals surface area contributed by atoms with Gasteiger partial charge in [0.2, 0.25) is 0 Å². The largest absolute Gasteiger partial charge is 0.363 e. The van der Waals surface area contributed by atoms with Crippen molar-refractivity contribution in [1.82, 2.24) is 10.2 Å². The third kappa shape index (κ3) is 4.09.